The summed E-state index contributed by atoms with van der Waals surface area (Å²) in [5, 5.41) is 12.3. The van der Waals surface area contributed by atoms with Crippen molar-refractivity contribution in [1.82, 2.24) is 4.90 Å². The van der Waals surface area contributed by atoms with Gasteiger partial charge in [-0.1, -0.05) is 74.2 Å². The lowest BCUT2D eigenvalue weighted by molar-refractivity contribution is -0.672. The van der Waals surface area contributed by atoms with Gasteiger partial charge in [-0.3, -0.25) is 12.9 Å². The molecule has 33 heavy (non-hydrogen) atoms. The summed E-state index contributed by atoms with van der Waals surface area (Å²) >= 11 is 1.92. The van der Waals surface area contributed by atoms with E-state index in [-0.39, 0.29) is 11.3 Å². The van der Waals surface area contributed by atoms with Crippen LogP contribution in [-0.2, 0) is 6.54 Å². The van der Waals surface area contributed by atoms with Gasteiger partial charge in [-0.2, -0.15) is 4.57 Å². The highest BCUT2D eigenvalue weighted by molar-refractivity contribution is 8.04. The van der Waals surface area contributed by atoms with Crippen molar-refractivity contribution < 1.29 is 27.3 Å². The third-order valence-electron chi connectivity index (χ3n) is 4.92. The quantitative estimate of drug-likeness (QED) is 0.414. The maximum Gasteiger partial charge on any atom is 0.762 e. The summed E-state index contributed by atoms with van der Waals surface area (Å²) < 4.78 is 31.1. The number of hydrogen-bond acceptors (Lipinski definition) is 3. The number of benzene rings is 1. The van der Waals surface area contributed by atoms with Crippen LogP contribution in [-0.4, -0.2) is 42.5 Å². The van der Waals surface area contributed by atoms with Crippen LogP contribution in [0.4, 0.5) is 12.9 Å². The first-order valence-electron chi connectivity index (χ1n) is 10.6. The molecule has 0 bridgehead atoms. The second kappa shape index (κ2) is 14.6. The molecule has 9 heteroatoms. The van der Waals surface area contributed by atoms with E-state index in [9.17, 15) is 18.1 Å². The summed E-state index contributed by atoms with van der Waals surface area (Å²) in [4.78, 5) is 2.35. The number of thioether (sulfide) groups is 1. The van der Waals surface area contributed by atoms with Crippen molar-refractivity contribution in [2.45, 2.75) is 31.7 Å². The molecule has 2 aliphatic rings. The Morgan fingerprint density at radius 2 is 1.79 bits per heavy atom. The minimum Gasteiger partial charge on any atom is -1.00 e. The van der Waals surface area contributed by atoms with E-state index >= 15 is 0 Å². The molecule has 0 spiro atoms. The van der Waals surface area contributed by atoms with Crippen molar-refractivity contribution in [3.05, 3.63) is 83.6 Å². The molecule has 2 atom stereocenters. The van der Waals surface area contributed by atoms with E-state index in [1.165, 1.54) is 16.0 Å². The van der Waals surface area contributed by atoms with E-state index in [4.69, 9.17) is 0 Å². The van der Waals surface area contributed by atoms with Crippen LogP contribution in [0.5, 0.6) is 0 Å². The molecule has 2 aromatic rings. The van der Waals surface area contributed by atoms with Gasteiger partial charge in [0.2, 0.25) is 5.52 Å². The monoisotopic (exact) mass is 480 g/mol. The average molecular weight is 480 g/mol. The topological polar surface area (TPSA) is 27.4 Å². The van der Waals surface area contributed by atoms with Crippen molar-refractivity contribution in [2.24, 2.45) is 0 Å². The molecule has 178 valence electrons. The fourth-order valence-corrected chi connectivity index (χ4v) is 4.86. The van der Waals surface area contributed by atoms with Gasteiger partial charge in [0.15, 0.2) is 12.7 Å². The number of nitrogens with zero attached hydrogens (tertiary/aromatic N) is 2. The van der Waals surface area contributed by atoms with E-state index < -0.39 is 7.54 Å². The van der Waals surface area contributed by atoms with Crippen molar-refractivity contribution >= 4 is 36.3 Å². The fraction of sp³-hybridized carbons (Fsp3) is 0.292. The zero-order chi connectivity index (χ0) is 23.5. The molecular weight excluding hydrogens is 451 g/mol. The summed E-state index contributed by atoms with van der Waals surface area (Å²) in [6.07, 6.45) is 17.4. The molecule has 0 radical (unpaired) electrons. The number of hydrogen-bond donors (Lipinski definition) is 1. The first kappa shape index (κ1) is 28.5. The number of likely N-dealkylation sites (N-methyl/N-ethyl adjacent to an activating group) is 1. The summed E-state index contributed by atoms with van der Waals surface area (Å²) in [5.74, 6) is 0. The highest BCUT2D eigenvalue weighted by Crippen LogP contribution is 2.40. The first-order chi connectivity index (χ1) is 15.5. The Morgan fingerprint density at radius 1 is 1.12 bits per heavy atom. The van der Waals surface area contributed by atoms with Gasteiger partial charge in [0, 0.05) is 19.2 Å². The van der Waals surface area contributed by atoms with Crippen molar-refractivity contribution in [2.75, 3.05) is 13.7 Å². The fourth-order valence-electron chi connectivity index (χ4n) is 3.55. The normalized spacial score (nSPS) is 19.5. The van der Waals surface area contributed by atoms with Gasteiger partial charge in [0.05, 0.1) is 21.7 Å². The van der Waals surface area contributed by atoms with E-state index in [1.807, 2.05) is 37.9 Å². The second-order valence-electron chi connectivity index (χ2n) is 6.77. The van der Waals surface area contributed by atoms with Crippen LogP contribution in [0.25, 0.3) is 17.0 Å². The molecule has 2 unspecified atom stereocenters. The standard InChI is InChI=1S/C22H23N2OS.C2H6.BF3.FH/c1-23-20-10-4-5-11-21(20)26-22(23)12-6-7-17-13-14-24(15-16-25)19-9-3-2-8-18(17)19;1-2;2-1(3)4;/h2-14,20-21,25H,15-16H2,1H3;1-2H3;;1H/q+1;;;/p-1. The third-order valence-corrected chi connectivity index (χ3v) is 6.30. The van der Waals surface area contributed by atoms with Gasteiger partial charge in [-0.15, -0.1) is 0 Å². The number of rotatable bonds is 4. The van der Waals surface area contributed by atoms with Gasteiger partial charge in [-0.25, -0.2) is 0 Å². The highest BCUT2D eigenvalue weighted by Gasteiger charge is 2.32. The number of para-hydroxylation sites is 1. The lowest BCUT2D eigenvalue weighted by atomic mass is 10.1. The minimum atomic E-state index is -3.67. The smallest absolute Gasteiger partial charge is 0.762 e. The van der Waals surface area contributed by atoms with Crippen LogP contribution in [0.15, 0.2) is 78.0 Å². The molecular formula is C24H29BF4N2OS. The Bertz CT molecular complexity index is 995. The summed E-state index contributed by atoms with van der Waals surface area (Å²) in [6.45, 7) is 4.75. The van der Waals surface area contributed by atoms with Crippen LogP contribution in [0.1, 0.15) is 19.4 Å². The molecule has 0 saturated carbocycles. The van der Waals surface area contributed by atoms with E-state index in [0.717, 1.165) is 5.52 Å². The summed E-state index contributed by atoms with van der Waals surface area (Å²) in [7, 11) is -1.50. The Morgan fingerprint density at radius 3 is 2.45 bits per heavy atom. The van der Waals surface area contributed by atoms with E-state index in [0.29, 0.717) is 17.8 Å². The minimum absolute atomic E-state index is 0. The Kier molecular flexibility index (Phi) is 12.6. The molecule has 1 aromatic heterocycles. The lowest BCUT2D eigenvalue weighted by Crippen LogP contribution is -3.00. The number of allylic oxidation sites excluding steroid dienone is 4. The maximum absolute atomic E-state index is 9.67. The van der Waals surface area contributed by atoms with E-state index in [2.05, 4.69) is 83.3 Å². The molecule has 0 amide bonds. The predicted molar refractivity (Wildman–Crippen MR) is 130 cm³/mol. The molecule has 1 aliphatic heterocycles. The molecule has 1 saturated heterocycles. The Hall–Kier alpha value is -2.52. The van der Waals surface area contributed by atoms with Gasteiger partial charge < -0.3 is 14.7 Å². The van der Waals surface area contributed by atoms with Crippen molar-refractivity contribution in [3.63, 3.8) is 0 Å². The molecule has 3 nitrogen and oxygen atoms in total. The first-order valence-corrected chi connectivity index (χ1v) is 11.5. The number of halogens is 4. The van der Waals surface area contributed by atoms with Gasteiger partial charge in [-0.05, 0) is 17.7 Å². The number of fused-ring (bicyclic) bond motifs is 2. The van der Waals surface area contributed by atoms with Crippen molar-refractivity contribution in [3.8, 4) is 0 Å². The Balaban J connectivity index is 0.000000706. The maximum atomic E-state index is 9.67. The molecule has 1 fully saturated rings. The second-order valence-corrected chi connectivity index (χ2v) is 7.97. The van der Waals surface area contributed by atoms with Crippen LogP contribution >= 0.6 is 11.8 Å². The summed E-state index contributed by atoms with van der Waals surface area (Å²) in [5.41, 5.74) is 2.33. The highest BCUT2D eigenvalue weighted by atomic mass is 32.2. The zero-order valence-corrected chi connectivity index (χ0v) is 19.7. The van der Waals surface area contributed by atoms with Crippen LogP contribution in [0, 0.1) is 0 Å². The van der Waals surface area contributed by atoms with Crippen LogP contribution in [0.2, 0.25) is 0 Å². The third kappa shape index (κ3) is 7.79. The molecule has 2 heterocycles. The van der Waals surface area contributed by atoms with E-state index in [1.54, 1.807) is 0 Å². The number of pyridine rings is 1. The largest absolute Gasteiger partial charge is 1.00 e. The zero-order valence-electron chi connectivity index (χ0n) is 18.9. The number of aliphatic hydroxyl groups is 1. The molecule has 1 N–H and O–H groups in total. The number of aromatic nitrogens is 1. The molecule has 4 rings (SSSR count). The summed E-state index contributed by atoms with van der Waals surface area (Å²) in [6, 6.07) is 10.9. The molecule has 1 aliphatic carbocycles. The van der Waals surface area contributed by atoms with Crippen molar-refractivity contribution in [1.29, 1.82) is 0 Å². The van der Waals surface area contributed by atoms with Crippen LogP contribution < -0.4 is 9.27 Å². The molecule has 1 aromatic carbocycles. The van der Waals surface area contributed by atoms with Gasteiger partial charge in [0.25, 0.3) is 0 Å². The predicted octanol–water partition coefficient (Wildman–Crippen LogP) is 2.43. The SMILES string of the molecule is CC.CN1C(=CC=Cc2cc[n+](CCO)c3ccccc23)SC2C=CC=CC21.FB(F)F.[F-]. The lowest BCUT2D eigenvalue weighted by Gasteiger charge is -2.22. The van der Waals surface area contributed by atoms with Gasteiger partial charge >= 0.3 is 7.54 Å². The van der Waals surface area contributed by atoms with Gasteiger partial charge in [0.1, 0.15) is 6.61 Å². The van der Waals surface area contributed by atoms with Crippen LogP contribution in [0.3, 0.4) is 0 Å². The Labute approximate surface area is 197 Å². The average Bonchev–Trinajstić information content (AvgIpc) is 3.12. The number of aliphatic hydroxyl groups excluding tert-OH is 1.